The van der Waals surface area contributed by atoms with Gasteiger partial charge in [-0.2, -0.15) is 0 Å². The number of nitro groups is 1. The molecule has 1 aliphatic rings. The predicted molar refractivity (Wildman–Crippen MR) is 101 cm³/mol. The Morgan fingerprint density at radius 2 is 2.11 bits per heavy atom. The normalized spacial score (nSPS) is 15.8. The molecule has 0 aromatic heterocycles. The number of carbonyl (C=O) groups is 3. The van der Waals surface area contributed by atoms with Crippen LogP contribution in [-0.2, 0) is 9.59 Å². The highest BCUT2D eigenvalue weighted by atomic mass is 16.6. The molecule has 28 heavy (non-hydrogen) atoms. The maximum atomic E-state index is 12.8. The molecule has 0 saturated carbocycles. The number of rotatable bonds is 5. The molecule has 1 aliphatic heterocycles. The molecule has 3 rings (SSSR count). The van der Waals surface area contributed by atoms with Crippen LogP contribution in [0.25, 0.3) is 0 Å². The number of anilines is 2. The lowest BCUT2D eigenvalue weighted by molar-refractivity contribution is -0.385. The van der Waals surface area contributed by atoms with E-state index in [1.165, 1.54) is 17.0 Å². The summed E-state index contributed by atoms with van der Waals surface area (Å²) >= 11 is 0. The van der Waals surface area contributed by atoms with Gasteiger partial charge in [-0.05, 0) is 31.2 Å². The molecule has 0 bridgehead atoms. The van der Waals surface area contributed by atoms with E-state index in [0.29, 0.717) is 17.7 Å². The average molecular weight is 383 g/mol. The van der Waals surface area contributed by atoms with Crippen LogP contribution >= 0.6 is 0 Å². The maximum Gasteiger partial charge on any atom is 0.311 e. The maximum absolute atomic E-state index is 12.8. The first kappa shape index (κ1) is 19.0. The van der Waals surface area contributed by atoms with Crippen molar-refractivity contribution in [2.75, 3.05) is 16.8 Å². The van der Waals surface area contributed by atoms with Gasteiger partial charge in [0.25, 0.3) is 5.91 Å². The lowest BCUT2D eigenvalue weighted by Gasteiger charge is -2.27. The van der Waals surface area contributed by atoms with Gasteiger partial charge in [0.15, 0.2) is 12.4 Å². The van der Waals surface area contributed by atoms with Crippen LogP contribution in [0, 0.1) is 10.1 Å². The van der Waals surface area contributed by atoms with Crippen LogP contribution in [0.1, 0.15) is 23.7 Å². The van der Waals surface area contributed by atoms with Gasteiger partial charge in [-0.1, -0.05) is 12.1 Å². The number of nitrogens with one attached hydrogen (secondary N) is 1. The molecule has 9 heteroatoms. The Labute approximate surface area is 160 Å². The van der Waals surface area contributed by atoms with Gasteiger partial charge in [0, 0.05) is 24.1 Å². The highest BCUT2D eigenvalue weighted by Gasteiger charge is 2.30. The fourth-order valence-electron chi connectivity index (χ4n) is 3.05. The minimum atomic E-state index is -0.681. The van der Waals surface area contributed by atoms with Gasteiger partial charge in [-0.15, -0.1) is 0 Å². The summed E-state index contributed by atoms with van der Waals surface area (Å²) in [5.41, 5.74) is 0.760. The highest BCUT2D eigenvalue weighted by Crippen LogP contribution is 2.32. The summed E-state index contributed by atoms with van der Waals surface area (Å²) in [6.45, 7) is 1.27. The standard InChI is InChI=1S/C19H17N3O6/c1-12-8-18(24)20-14-4-2-3-5-15(14)21(12)19(25)11-28-17-7-6-13(10-23)9-16(17)22(26)27/h2-7,9-10,12H,8,11H2,1H3,(H,20,24)/t12-/m1/s1. The molecule has 2 amide bonds. The molecule has 0 spiro atoms. The molecule has 2 aromatic rings. The second kappa shape index (κ2) is 7.87. The number of hydrogen-bond acceptors (Lipinski definition) is 6. The molecule has 1 atom stereocenters. The van der Waals surface area contributed by atoms with E-state index in [2.05, 4.69) is 5.32 Å². The third-order valence-corrected chi connectivity index (χ3v) is 4.29. The van der Waals surface area contributed by atoms with Crippen molar-refractivity contribution in [2.24, 2.45) is 0 Å². The molecule has 0 aliphatic carbocycles. The zero-order valence-electron chi connectivity index (χ0n) is 15.0. The van der Waals surface area contributed by atoms with E-state index in [9.17, 15) is 24.5 Å². The Kier molecular flexibility index (Phi) is 5.35. The van der Waals surface area contributed by atoms with Crippen LogP contribution < -0.4 is 15.0 Å². The number of carbonyl (C=O) groups excluding carboxylic acids is 3. The Hall–Kier alpha value is -3.75. The van der Waals surface area contributed by atoms with E-state index < -0.39 is 29.2 Å². The van der Waals surface area contributed by atoms with Crippen LogP contribution in [-0.4, -0.2) is 35.7 Å². The minimum absolute atomic E-state index is 0.106. The third kappa shape index (κ3) is 3.83. The van der Waals surface area contributed by atoms with Gasteiger partial charge < -0.3 is 15.0 Å². The monoisotopic (exact) mass is 383 g/mol. The van der Waals surface area contributed by atoms with E-state index in [1.54, 1.807) is 31.2 Å². The lowest BCUT2D eigenvalue weighted by atomic mass is 10.1. The summed E-state index contributed by atoms with van der Waals surface area (Å²) in [5.74, 6) is -0.782. The van der Waals surface area contributed by atoms with E-state index >= 15 is 0 Å². The van der Waals surface area contributed by atoms with Gasteiger partial charge in [-0.3, -0.25) is 24.5 Å². The second-order valence-corrected chi connectivity index (χ2v) is 6.27. The van der Waals surface area contributed by atoms with Crippen LogP contribution in [0.5, 0.6) is 5.75 Å². The predicted octanol–water partition coefficient (Wildman–Crippen LogP) is 2.55. The molecule has 9 nitrogen and oxygen atoms in total. The van der Waals surface area contributed by atoms with E-state index in [1.807, 2.05) is 0 Å². The third-order valence-electron chi connectivity index (χ3n) is 4.29. The largest absolute Gasteiger partial charge is 0.477 e. The summed E-state index contributed by atoms with van der Waals surface area (Å²) < 4.78 is 5.39. The Morgan fingerprint density at radius 1 is 1.36 bits per heavy atom. The molecule has 0 saturated heterocycles. The van der Waals surface area contributed by atoms with Crippen molar-refractivity contribution in [2.45, 2.75) is 19.4 Å². The van der Waals surface area contributed by atoms with Crippen molar-refractivity contribution in [1.29, 1.82) is 0 Å². The number of ether oxygens (including phenoxy) is 1. The summed E-state index contributed by atoms with van der Waals surface area (Å²) in [4.78, 5) is 47.6. The number of fused-ring (bicyclic) bond motifs is 1. The summed E-state index contributed by atoms with van der Waals surface area (Å²) in [6, 6.07) is 10.2. The molecule has 1 N–H and O–H groups in total. The van der Waals surface area contributed by atoms with Crippen molar-refractivity contribution in [1.82, 2.24) is 0 Å². The number of hydrogen-bond donors (Lipinski definition) is 1. The molecule has 2 aromatic carbocycles. The number of nitrogens with zero attached hydrogens (tertiary/aromatic N) is 2. The molecular weight excluding hydrogens is 366 g/mol. The summed E-state index contributed by atoms with van der Waals surface area (Å²) in [6.07, 6.45) is 0.594. The van der Waals surface area contributed by atoms with Gasteiger partial charge in [0.1, 0.15) is 6.29 Å². The molecule has 0 radical (unpaired) electrons. The number of nitro benzene ring substituents is 1. The first-order chi connectivity index (χ1) is 13.4. The fourth-order valence-corrected chi connectivity index (χ4v) is 3.05. The molecule has 1 heterocycles. The fraction of sp³-hybridized carbons (Fsp3) is 0.211. The number of amides is 2. The van der Waals surface area contributed by atoms with Crippen molar-refractivity contribution in [3.8, 4) is 5.75 Å². The van der Waals surface area contributed by atoms with Gasteiger partial charge in [0.2, 0.25) is 5.91 Å². The molecule has 144 valence electrons. The van der Waals surface area contributed by atoms with E-state index in [4.69, 9.17) is 4.74 Å². The van der Waals surface area contributed by atoms with Crippen LogP contribution in [0.4, 0.5) is 17.1 Å². The summed E-state index contributed by atoms with van der Waals surface area (Å²) in [7, 11) is 0. The quantitative estimate of drug-likeness (QED) is 0.481. The SMILES string of the molecule is C[C@@H]1CC(=O)Nc2ccccc2N1C(=O)COc1ccc(C=O)cc1[N+](=O)[O-]. The van der Waals surface area contributed by atoms with E-state index in [-0.39, 0.29) is 23.6 Å². The van der Waals surface area contributed by atoms with Crippen LogP contribution in [0.3, 0.4) is 0 Å². The van der Waals surface area contributed by atoms with Crippen molar-refractivity contribution in [3.05, 3.63) is 58.1 Å². The smallest absolute Gasteiger partial charge is 0.311 e. The van der Waals surface area contributed by atoms with Crippen molar-refractivity contribution >= 4 is 35.2 Å². The molecule has 0 unspecified atom stereocenters. The van der Waals surface area contributed by atoms with Gasteiger partial charge >= 0.3 is 5.69 Å². The topological polar surface area (TPSA) is 119 Å². The lowest BCUT2D eigenvalue weighted by Crippen LogP contribution is -2.41. The average Bonchev–Trinajstić information content (AvgIpc) is 2.80. The number of para-hydroxylation sites is 2. The van der Waals surface area contributed by atoms with Crippen LogP contribution in [0.15, 0.2) is 42.5 Å². The second-order valence-electron chi connectivity index (χ2n) is 6.27. The first-order valence-corrected chi connectivity index (χ1v) is 8.48. The zero-order valence-corrected chi connectivity index (χ0v) is 15.0. The van der Waals surface area contributed by atoms with Gasteiger partial charge in [-0.25, -0.2) is 0 Å². The Bertz CT molecular complexity index is 958. The number of aldehydes is 1. The van der Waals surface area contributed by atoms with Gasteiger partial charge in [0.05, 0.1) is 16.3 Å². The summed E-state index contributed by atoms with van der Waals surface area (Å²) in [5, 5.41) is 14.0. The molecular formula is C19H17N3O6. The van der Waals surface area contributed by atoms with Crippen LogP contribution in [0.2, 0.25) is 0 Å². The Morgan fingerprint density at radius 3 is 2.82 bits per heavy atom. The number of benzene rings is 2. The first-order valence-electron chi connectivity index (χ1n) is 8.48. The van der Waals surface area contributed by atoms with E-state index in [0.717, 1.165) is 6.07 Å². The van der Waals surface area contributed by atoms with Crippen molar-refractivity contribution in [3.63, 3.8) is 0 Å². The van der Waals surface area contributed by atoms with Crippen molar-refractivity contribution < 1.29 is 24.0 Å². The minimum Gasteiger partial charge on any atom is -0.477 e. The Balaban J connectivity index is 1.84. The molecule has 0 fully saturated rings. The zero-order chi connectivity index (χ0) is 20.3. The highest BCUT2D eigenvalue weighted by molar-refractivity contribution is 6.04.